The zero-order chi connectivity index (χ0) is 17.4. The summed E-state index contributed by atoms with van der Waals surface area (Å²) in [5, 5.41) is 6.21. The van der Waals surface area contributed by atoms with Gasteiger partial charge in [-0.15, -0.1) is 0 Å². The Hall–Kier alpha value is -2.56. The van der Waals surface area contributed by atoms with Gasteiger partial charge in [0.25, 0.3) is 5.91 Å². The van der Waals surface area contributed by atoms with Gasteiger partial charge in [0.1, 0.15) is 11.4 Å². The molecule has 1 heterocycles. The highest BCUT2D eigenvalue weighted by Gasteiger charge is 2.08. The van der Waals surface area contributed by atoms with Crippen molar-refractivity contribution in [1.82, 2.24) is 10.3 Å². The maximum absolute atomic E-state index is 12.1. The molecule has 0 fully saturated rings. The second-order valence-electron chi connectivity index (χ2n) is 6.06. The van der Waals surface area contributed by atoms with Gasteiger partial charge in [-0.2, -0.15) is 0 Å². The van der Waals surface area contributed by atoms with Crippen LogP contribution in [0.15, 0.2) is 42.6 Å². The summed E-state index contributed by atoms with van der Waals surface area (Å²) in [6, 6.07) is 11.7. The average molecular weight is 327 g/mol. The third kappa shape index (κ3) is 5.57. The zero-order valence-electron chi connectivity index (χ0n) is 14.5. The Morgan fingerprint density at radius 1 is 1.25 bits per heavy atom. The molecular weight excluding hydrogens is 302 g/mol. The normalized spacial score (nSPS) is 10.5. The number of aromatic nitrogens is 1. The highest BCUT2D eigenvalue weighted by atomic mass is 16.5. The van der Waals surface area contributed by atoms with Gasteiger partial charge in [0.15, 0.2) is 0 Å². The molecule has 0 aliphatic heterocycles. The average Bonchev–Trinajstić information content (AvgIpc) is 2.60. The van der Waals surface area contributed by atoms with Gasteiger partial charge in [-0.1, -0.05) is 26.0 Å². The molecule has 0 atom stereocenters. The maximum atomic E-state index is 12.1. The molecule has 0 aliphatic rings. The van der Waals surface area contributed by atoms with E-state index in [9.17, 15) is 4.79 Å². The van der Waals surface area contributed by atoms with E-state index in [-0.39, 0.29) is 5.91 Å². The quantitative estimate of drug-likeness (QED) is 0.782. The smallest absolute Gasteiger partial charge is 0.269 e. The van der Waals surface area contributed by atoms with E-state index in [1.54, 1.807) is 19.4 Å². The van der Waals surface area contributed by atoms with Gasteiger partial charge in [-0.3, -0.25) is 9.78 Å². The van der Waals surface area contributed by atoms with Crippen LogP contribution in [0.4, 0.5) is 5.69 Å². The van der Waals surface area contributed by atoms with Crippen LogP contribution in [0.25, 0.3) is 0 Å². The summed E-state index contributed by atoms with van der Waals surface area (Å²) in [4.78, 5) is 16.2. The highest BCUT2D eigenvalue weighted by Crippen LogP contribution is 2.14. The van der Waals surface area contributed by atoms with E-state index in [0.29, 0.717) is 18.2 Å². The largest absolute Gasteiger partial charge is 0.497 e. The fourth-order valence-electron chi connectivity index (χ4n) is 2.23. The van der Waals surface area contributed by atoms with Gasteiger partial charge >= 0.3 is 0 Å². The fraction of sp³-hybridized carbons (Fsp3) is 0.368. The zero-order valence-corrected chi connectivity index (χ0v) is 14.5. The van der Waals surface area contributed by atoms with Crippen molar-refractivity contribution in [2.75, 3.05) is 25.5 Å². The lowest BCUT2D eigenvalue weighted by molar-refractivity contribution is 0.0944. The number of amides is 1. The predicted octanol–water partition coefficient (Wildman–Crippen LogP) is 3.13. The molecule has 2 aromatic rings. The number of nitrogens with zero attached hydrogens (tertiary/aromatic N) is 1. The van der Waals surface area contributed by atoms with Crippen LogP contribution in [0.1, 0.15) is 29.9 Å². The number of rotatable bonds is 8. The van der Waals surface area contributed by atoms with E-state index < -0.39 is 0 Å². The molecule has 0 bridgehead atoms. The summed E-state index contributed by atoms with van der Waals surface area (Å²) in [7, 11) is 1.67. The van der Waals surface area contributed by atoms with Gasteiger partial charge in [-0.05, 0) is 42.2 Å². The van der Waals surface area contributed by atoms with Gasteiger partial charge in [0.2, 0.25) is 0 Å². The Bertz CT molecular complexity index is 671. The number of carbonyl (C=O) groups excluding carboxylic acids is 1. The van der Waals surface area contributed by atoms with Crippen molar-refractivity contribution in [2.24, 2.45) is 5.92 Å². The monoisotopic (exact) mass is 327 g/mol. The van der Waals surface area contributed by atoms with Crippen molar-refractivity contribution in [3.63, 3.8) is 0 Å². The maximum Gasteiger partial charge on any atom is 0.269 e. The Balaban J connectivity index is 1.88. The van der Waals surface area contributed by atoms with Crippen LogP contribution in [-0.4, -0.2) is 31.1 Å². The van der Waals surface area contributed by atoms with Gasteiger partial charge < -0.3 is 15.4 Å². The Morgan fingerprint density at radius 3 is 2.83 bits per heavy atom. The fourth-order valence-corrected chi connectivity index (χ4v) is 2.23. The van der Waals surface area contributed by atoms with E-state index >= 15 is 0 Å². The number of methoxy groups -OCH3 is 1. The summed E-state index contributed by atoms with van der Waals surface area (Å²) in [6.07, 6.45) is 2.52. The molecule has 0 saturated carbocycles. The molecule has 0 spiro atoms. The van der Waals surface area contributed by atoms with Crippen molar-refractivity contribution in [2.45, 2.75) is 20.3 Å². The third-order valence-electron chi connectivity index (χ3n) is 3.54. The number of ether oxygens (including phenoxy) is 1. The van der Waals surface area contributed by atoms with Crippen LogP contribution in [0.5, 0.6) is 5.75 Å². The predicted molar refractivity (Wildman–Crippen MR) is 96.6 cm³/mol. The summed E-state index contributed by atoms with van der Waals surface area (Å²) in [5.74, 6) is 1.14. The molecule has 24 heavy (non-hydrogen) atoms. The highest BCUT2D eigenvalue weighted by molar-refractivity contribution is 5.93. The van der Waals surface area contributed by atoms with Crippen molar-refractivity contribution in [3.8, 4) is 5.75 Å². The third-order valence-corrected chi connectivity index (χ3v) is 3.54. The van der Waals surface area contributed by atoms with E-state index in [1.165, 1.54) is 5.56 Å². The minimum Gasteiger partial charge on any atom is -0.497 e. The van der Waals surface area contributed by atoms with Crippen LogP contribution in [0, 0.1) is 5.92 Å². The number of carbonyl (C=O) groups is 1. The van der Waals surface area contributed by atoms with Crippen molar-refractivity contribution in [3.05, 3.63) is 53.9 Å². The Kier molecular flexibility index (Phi) is 6.61. The molecule has 5 nitrogen and oxygen atoms in total. The van der Waals surface area contributed by atoms with Crippen LogP contribution in [0.2, 0.25) is 0 Å². The molecule has 1 aromatic carbocycles. The van der Waals surface area contributed by atoms with Crippen LogP contribution >= 0.6 is 0 Å². The summed E-state index contributed by atoms with van der Waals surface area (Å²) in [5.41, 5.74) is 2.52. The lowest BCUT2D eigenvalue weighted by Crippen LogP contribution is -2.28. The second kappa shape index (κ2) is 8.91. The molecule has 2 rings (SSSR count). The minimum absolute atomic E-state index is 0.139. The lowest BCUT2D eigenvalue weighted by Gasteiger charge is -2.10. The van der Waals surface area contributed by atoms with E-state index in [4.69, 9.17) is 4.74 Å². The number of anilines is 1. The SMILES string of the molecule is COc1cccc(CCNc2ccnc(C(=O)NCC(C)C)c2)c1. The second-order valence-corrected chi connectivity index (χ2v) is 6.06. The molecule has 0 unspecified atom stereocenters. The first-order valence-corrected chi connectivity index (χ1v) is 8.19. The summed E-state index contributed by atoms with van der Waals surface area (Å²) in [6.45, 7) is 5.53. The Morgan fingerprint density at radius 2 is 2.08 bits per heavy atom. The molecule has 5 heteroatoms. The molecule has 1 aromatic heterocycles. The molecule has 128 valence electrons. The molecule has 0 saturated heterocycles. The van der Waals surface area contributed by atoms with E-state index in [2.05, 4.69) is 35.5 Å². The first kappa shape index (κ1) is 17.8. The van der Waals surface area contributed by atoms with E-state index in [1.807, 2.05) is 24.3 Å². The van der Waals surface area contributed by atoms with Gasteiger partial charge in [0, 0.05) is 25.0 Å². The standard InChI is InChI=1S/C19H25N3O2/c1-14(2)13-22-19(23)18-12-16(8-10-21-18)20-9-7-15-5-4-6-17(11-15)24-3/h4-6,8,10-12,14H,7,9,13H2,1-3H3,(H,20,21)(H,22,23). The van der Waals surface area contributed by atoms with Crippen LogP contribution < -0.4 is 15.4 Å². The van der Waals surface area contributed by atoms with Crippen molar-refractivity contribution >= 4 is 11.6 Å². The first-order chi connectivity index (χ1) is 11.6. The number of hydrogen-bond acceptors (Lipinski definition) is 4. The molecule has 0 radical (unpaired) electrons. The van der Waals surface area contributed by atoms with Crippen molar-refractivity contribution < 1.29 is 9.53 Å². The van der Waals surface area contributed by atoms with Gasteiger partial charge in [0.05, 0.1) is 7.11 Å². The molecular formula is C19H25N3O2. The number of pyridine rings is 1. The minimum atomic E-state index is -0.139. The topological polar surface area (TPSA) is 63.2 Å². The van der Waals surface area contributed by atoms with E-state index in [0.717, 1.165) is 24.4 Å². The van der Waals surface area contributed by atoms with Crippen LogP contribution in [0.3, 0.4) is 0 Å². The lowest BCUT2D eigenvalue weighted by atomic mass is 10.1. The van der Waals surface area contributed by atoms with Gasteiger partial charge in [-0.25, -0.2) is 0 Å². The molecule has 0 aliphatic carbocycles. The number of hydrogen-bond donors (Lipinski definition) is 2. The van der Waals surface area contributed by atoms with Crippen molar-refractivity contribution in [1.29, 1.82) is 0 Å². The molecule has 2 N–H and O–H groups in total. The summed E-state index contributed by atoms with van der Waals surface area (Å²) < 4.78 is 5.23. The Labute approximate surface area is 143 Å². The summed E-state index contributed by atoms with van der Waals surface area (Å²) >= 11 is 0. The first-order valence-electron chi connectivity index (χ1n) is 8.19. The molecule has 1 amide bonds. The van der Waals surface area contributed by atoms with Crippen LogP contribution in [-0.2, 0) is 6.42 Å². The number of benzene rings is 1. The number of nitrogens with one attached hydrogen (secondary N) is 2.